The lowest BCUT2D eigenvalue weighted by Gasteiger charge is -2.35. The van der Waals surface area contributed by atoms with Crippen molar-refractivity contribution in [3.63, 3.8) is 0 Å². The number of aromatic nitrogens is 2. The summed E-state index contributed by atoms with van der Waals surface area (Å²) in [5, 5.41) is 0. The summed E-state index contributed by atoms with van der Waals surface area (Å²) in [4.78, 5) is 39.0. The van der Waals surface area contributed by atoms with Crippen LogP contribution in [0.1, 0.15) is 70.3 Å². The van der Waals surface area contributed by atoms with Crippen LogP contribution in [-0.4, -0.2) is 66.4 Å². The number of carbonyl (C=O) groups excluding carboxylic acids is 2. The van der Waals surface area contributed by atoms with E-state index in [0.29, 0.717) is 47.7 Å². The fourth-order valence-corrected chi connectivity index (χ4v) is 5.79. The number of nitrogens with zero attached hydrogens (tertiary/aromatic N) is 5. The van der Waals surface area contributed by atoms with Gasteiger partial charge >= 0.3 is 6.09 Å². The Kier molecular flexibility index (Phi) is 8.23. The molecule has 2 N–H and O–H groups in total. The van der Waals surface area contributed by atoms with E-state index >= 15 is 0 Å². The number of amides is 2. The molecule has 0 aliphatic carbocycles. The molecule has 12 heteroatoms. The number of carbonyl (C=O) groups is 2. The lowest BCUT2D eigenvalue weighted by Crippen LogP contribution is -2.41. The van der Waals surface area contributed by atoms with E-state index in [1.165, 1.54) is 18.2 Å². The Bertz CT molecular complexity index is 1350. The SMILES string of the molecule is CC1CN(c2ncc(C3=CCN(C(=O)OC(C)(C)C)CC3)cc2C(=O)N(c2cccc(N)n2)S(=O)[O-])C(C)(C)C1. The second-order valence-electron chi connectivity index (χ2n) is 12.0. The topological polar surface area (TPSA) is 145 Å². The third-order valence-corrected chi connectivity index (χ3v) is 7.61. The highest BCUT2D eigenvalue weighted by molar-refractivity contribution is 7.81. The number of hydrogen-bond acceptors (Lipinski definition) is 9. The third-order valence-electron chi connectivity index (χ3n) is 6.95. The minimum absolute atomic E-state index is 0.0873. The zero-order chi connectivity index (χ0) is 29.4. The summed E-state index contributed by atoms with van der Waals surface area (Å²) in [6.45, 7) is 13.2. The van der Waals surface area contributed by atoms with Crippen LogP contribution in [0.2, 0.25) is 0 Å². The summed E-state index contributed by atoms with van der Waals surface area (Å²) in [6, 6.07) is 6.15. The summed E-state index contributed by atoms with van der Waals surface area (Å²) >= 11 is -2.96. The van der Waals surface area contributed by atoms with E-state index < -0.39 is 22.8 Å². The van der Waals surface area contributed by atoms with E-state index in [2.05, 4.69) is 30.7 Å². The monoisotopic (exact) mass is 569 g/mol. The van der Waals surface area contributed by atoms with Crippen molar-refractivity contribution in [1.82, 2.24) is 14.9 Å². The van der Waals surface area contributed by atoms with Crippen molar-refractivity contribution in [2.45, 2.75) is 65.5 Å². The summed E-state index contributed by atoms with van der Waals surface area (Å²) in [7, 11) is 0. The van der Waals surface area contributed by atoms with Gasteiger partial charge in [0.05, 0.1) is 16.8 Å². The van der Waals surface area contributed by atoms with E-state index in [-0.39, 0.29) is 28.8 Å². The van der Waals surface area contributed by atoms with Gasteiger partial charge in [-0.15, -0.1) is 0 Å². The number of ether oxygens (including phenoxy) is 1. The maximum absolute atomic E-state index is 14.0. The molecular formula is C28H37N6O5S-. The number of nitrogen functional groups attached to an aromatic ring is 1. The van der Waals surface area contributed by atoms with E-state index in [9.17, 15) is 18.4 Å². The molecule has 2 atom stereocenters. The summed E-state index contributed by atoms with van der Waals surface area (Å²) in [5.74, 6) is -0.0234. The normalized spacial score (nSPS) is 19.7. The maximum atomic E-state index is 14.0. The number of pyridine rings is 2. The molecule has 0 aromatic carbocycles. The average Bonchev–Trinajstić information content (AvgIpc) is 3.14. The van der Waals surface area contributed by atoms with Gasteiger partial charge in [0.2, 0.25) is 0 Å². The standard InChI is InChI=1S/C28H38N6O5S/c1-18-15-28(5,6)33(17-18)24-21(25(35)34(40(37)38)23-9-7-8-22(29)31-23)14-20(16-30-24)19-10-12-32(13-11-19)26(36)39-27(2,3)4/h7-10,14,16,18H,11-13,15,17H2,1-6H3,(H2,29,31)(H,37,38)/p-1. The molecule has 4 rings (SSSR count). The van der Waals surface area contributed by atoms with Crippen LogP contribution in [0.25, 0.3) is 5.57 Å². The summed E-state index contributed by atoms with van der Waals surface area (Å²) in [6.07, 6.45) is 4.64. The Balaban J connectivity index is 1.74. The first kappa shape index (κ1) is 29.5. The van der Waals surface area contributed by atoms with Crippen LogP contribution in [0, 0.1) is 5.92 Å². The number of rotatable bonds is 5. The molecule has 1 fully saturated rings. The van der Waals surface area contributed by atoms with Gasteiger partial charge < -0.3 is 24.8 Å². The highest BCUT2D eigenvalue weighted by Gasteiger charge is 2.40. The Morgan fingerprint density at radius 2 is 2.00 bits per heavy atom. The Labute approximate surface area is 237 Å². The zero-order valence-corrected chi connectivity index (χ0v) is 24.7. The molecule has 40 heavy (non-hydrogen) atoms. The fourth-order valence-electron chi connectivity index (χ4n) is 5.30. The molecule has 0 radical (unpaired) electrons. The molecule has 2 aliphatic heterocycles. The Morgan fingerprint density at radius 3 is 2.55 bits per heavy atom. The van der Waals surface area contributed by atoms with E-state index in [0.717, 1.165) is 12.0 Å². The Hall–Kier alpha value is -3.51. The second-order valence-corrected chi connectivity index (χ2v) is 12.8. The first-order valence-corrected chi connectivity index (χ1v) is 14.3. The fraction of sp³-hybridized carbons (Fsp3) is 0.500. The molecule has 2 aliphatic rings. The highest BCUT2D eigenvalue weighted by Crippen LogP contribution is 2.39. The van der Waals surface area contributed by atoms with Crippen molar-refractivity contribution in [1.29, 1.82) is 0 Å². The van der Waals surface area contributed by atoms with Crippen molar-refractivity contribution in [3.05, 3.63) is 47.7 Å². The van der Waals surface area contributed by atoms with Crippen LogP contribution in [0.15, 0.2) is 36.5 Å². The van der Waals surface area contributed by atoms with Gasteiger partial charge in [-0.2, -0.15) is 0 Å². The van der Waals surface area contributed by atoms with Crippen LogP contribution in [0.3, 0.4) is 0 Å². The largest absolute Gasteiger partial charge is 0.755 e. The zero-order valence-electron chi connectivity index (χ0n) is 23.8. The van der Waals surface area contributed by atoms with E-state index in [4.69, 9.17) is 15.5 Å². The van der Waals surface area contributed by atoms with Crippen LogP contribution in [0.4, 0.5) is 22.2 Å². The van der Waals surface area contributed by atoms with Crippen LogP contribution in [-0.2, 0) is 16.0 Å². The highest BCUT2D eigenvalue weighted by atomic mass is 32.2. The summed E-state index contributed by atoms with van der Waals surface area (Å²) in [5.41, 5.74) is 6.62. The van der Waals surface area contributed by atoms with Gasteiger partial charge in [-0.1, -0.05) is 19.1 Å². The maximum Gasteiger partial charge on any atom is 0.410 e. The number of hydrogen-bond donors (Lipinski definition) is 1. The second kappa shape index (κ2) is 11.2. The predicted molar refractivity (Wildman–Crippen MR) is 154 cm³/mol. The van der Waals surface area contributed by atoms with Gasteiger partial charge in [-0.3, -0.25) is 9.00 Å². The number of anilines is 3. The molecule has 216 valence electrons. The van der Waals surface area contributed by atoms with Gasteiger partial charge in [0.15, 0.2) is 0 Å². The molecule has 2 amide bonds. The predicted octanol–water partition coefficient (Wildman–Crippen LogP) is 4.15. The molecule has 1 saturated heterocycles. The smallest absolute Gasteiger partial charge is 0.410 e. The van der Waals surface area contributed by atoms with Gasteiger partial charge in [0.25, 0.3) is 5.91 Å². The van der Waals surface area contributed by atoms with Gasteiger partial charge in [-0.05, 0) is 82.7 Å². The molecule has 0 spiro atoms. The van der Waals surface area contributed by atoms with Crippen molar-refractivity contribution in [2.75, 3.05) is 34.6 Å². The van der Waals surface area contributed by atoms with Crippen LogP contribution < -0.4 is 14.9 Å². The first-order valence-electron chi connectivity index (χ1n) is 13.3. The lowest BCUT2D eigenvalue weighted by atomic mass is 9.96. The molecule has 2 unspecified atom stereocenters. The molecule has 11 nitrogen and oxygen atoms in total. The number of nitrogens with two attached hydrogens (primary N) is 1. The Morgan fingerprint density at radius 1 is 1.27 bits per heavy atom. The molecule has 4 heterocycles. The summed E-state index contributed by atoms with van der Waals surface area (Å²) < 4.78 is 30.8. The van der Waals surface area contributed by atoms with Crippen molar-refractivity contribution < 1.29 is 23.1 Å². The molecule has 2 aromatic heterocycles. The molecule has 0 bridgehead atoms. The van der Waals surface area contributed by atoms with Gasteiger partial charge in [0.1, 0.15) is 23.1 Å². The van der Waals surface area contributed by atoms with Gasteiger partial charge in [-0.25, -0.2) is 19.1 Å². The first-order chi connectivity index (χ1) is 18.7. The van der Waals surface area contributed by atoms with Crippen molar-refractivity contribution in [2.24, 2.45) is 5.92 Å². The molecule has 2 aromatic rings. The average molecular weight is 570 g/mol. The molecule has 0 saturated carbocycles. The molecular weight excluding hydrogens is 532 g/mol. The van der Waals surface area contributed by atoms with Gasteiger partial charge in [0, 0.05) is 31.4 Å². The van der Waals surface area contributed by atoms with Crippen LogP contribution >= 0.6 is 0 Å². The minimum atomic E-state index is -2.96. The third kappa shape index (κ3) is 6.44. The van der Waals surface area contributed by atoms with Crippen molar-refractivity contribution >= 4 is 46.3 Å². The van der Waals surface area contributed by atoms with Crippen LogP contribution in [0.5, 0.6) is 0 Å². The minimum Gasteiger partial charge on any atom is -0.755 e. The van der Waals surface area contributed by atoms with Crippen molar-refractivity contribution in [3.8, 4) is 0 Å². The van der Waals surface area contributed by atoms with E-state index in [1.807, 2.05) is 26.8 Å². The quantitative estimate of drug-likeness (QED) is 0.525. The lowest BCUT2D eigenvalue weighted by molar-refractivity contribution is 0.0270. The van der Waals surface area contributed by atoms with E-state index in [1.54, 1.807) is 17.2 Å².